The highest BCUT2D eigenvalue weighted by Gasteiger charge is 2.14. The average molecular weight is 264 g/mol. The fourth-order valence-electron chi connectivity index (χ4n) is 1.84. The summed E-state index contributed by atoms with van der Waals surface area (Å²) in [5.74, 6) is -1.14. The Bertz CT molecular complexity index is 437. The molecule has 0 aromatic heterocycles. The van der Waals surface area contributed by atoms with Crippen molar-refractivity contribution in [1.29, 1.82) is 0 Å². The van der Waals surface area contributed by atoms with Crippen LogP contribution in [0.5, 0.6) is 0 Å². The summed E-state index contributed by atoms with van der Waals surface area (Å²) in [7, 11) is 0. The fourth-order valence-corrected chi connectivity index (χ4v) is 1.84. The van der Waals surface area contributed by atoms with E-state index in [4.69, 9.17) is 5.11 Å². The van der Waals surface area contributed by atoms with Crippen LogP contribution in [0.2, 0.25) is 0 Å². The van der Waals surface area contributed by atoms with Crippen LogP contribution in [0.1, 0.15) is 38.2 Å². The molecule has 1 unspecified atom stereocenters. The quantitative estimate of drug-likeness (QED) is 0.517. The normalized spacial score (nSPS) is 13.7. The second-order valence-electron chi connectivity index (χ2n) is 4.64. The van der Waals surface area contributed by atoms with Gasteiger partial charge >= 0.3 is 5.97 Å². The molecular weight excluding hydrogens is 244 g/mol. The lowest BCUT2D eigenvalue weighted by Gasteiger charge is -2.12. The zero-order valence-corrected chi connectivity index (χ0v) is 11.0. The zero-order chi connectivity index (χ0) is 14.3. The van der Waals surface area contributed by atoms with Crippen molar-refractivity contribution in [3.8, 4) is 0 Å². The van der Waals surface area contributed by atoms with E-state index in [9.17, 15) is 15.0 Å². The van der Waals surface area contributed by atoms with E-state index >= 15 is 0 Å². The predicted octanol–water partition coefficient (Wildman–Crippen LogP) is 3.75. The van der Waals surface area contributed by atoms with Gasteiger partial charge < -0.3 is 15.3 Å². The summed E-state index contributed by atoms with van der Waals surface area (Å²) in [6.07, 6.45) is 2.08. The average Bonchev–Trinajstić information content (AvgIpc) is 2.42. The molecule has 0 saturated heterocycles. The summed E-state index contributed by atoms with van der Waals surface area (Å²) in [6, 6.07) is 8.86. The number of benzene rings is 1. The summed E-state index contributed by atoms with van der Waals surface area (Å²) in [5.41, 5.74) is 0.581. The van der Waals surface area contributed by atoms with Gasteiger partial charge in [-0.1, -0.05) is 43.7 Å². The first-order valence-electron chi connectivity index (χ1n) is 6.41. The van der Waals surface area contributed by atoms with E-state index in [2.05, 4.69) is 0 Å². The molecule has 4 nitrogen and oxygen atoms in total. The topological polar surface area (TPSA) is 77.8 Å². The Morgan fingerprint density at radius 3 is 2.32 bits per heavy atom. The van der Waals surface area contributed by atoms with Crippen molar-refractivity contribution in [3.05, 3.63) is 41.7 Å². The van der Waals surface area contributed by atoms with Crippen LogP contribution in [-0.2, 0) is 4.79 Å². The van der Waals surface area contributed by atoms with Gasteiger partial charge in [-0.3, -0.25) is 4.79 Å². The van der Waals surface area contributed by atoms with E-state index < -0.39 is 5.97 Å². The molecule has 0 aliphatic rings. The molecule has 104 valence electrons. The lowest BCUT2D eigenvalue weighted by molar-refractivity contribution is -0.137. The van der Waals surface area contributed by atoms with Crippen LogP contribution >= 0.6 is 0 Å². The molecule has 0 radical (unpaired) electrons. The first kappa shape index (κ1) is 15.1. The molecule has 0 saturated carbocycles. The van der Waals surface area contributed by atoms with Crippen LogP contribution in [-0.4, -0.2) is 21.3 Å². The van der Waals surface area contributed by atoms with Gasteiger partial charge in [-0.2, -0.15) is 0 Å². The molecule has 1 aromatic rings. The number of aliphatic carboxylic acids is 1. The number of rotatable bonds is 7. The maximum atomic E-state index is 10.4. The van der Waals surface area contributed by atoms with E-state index in [0.717, 1.165) is 0 Å². The van der Waals surface area contributed by atoms with E-state index in [1.54, 1.807) is 24.3 Å². The third-order valence-corrected chi connectivity index (χ3v) is 3.03. The second kappa shape index (κ2) is 7.46. The van der Waals surface area contributed by atoms with E-state index in [1.807, 2.05) is 13.0 Å². The second-order valence-corrected chi connectivity index (χ2v) is 4.64. The Morgan fingerprint density at radius 2 is 1.74 bits per heavy atom. The molecule has 3 N–H and O–H groups in total. The van der Waals surface area contributed by atoms with Crippen molar-refractivity contribution in [1.82, 2.24) is 0 Å². The van der Waals surface area contributed by atoms with E-state index in [0.29, 0.717) is 24.8 Å². The predicted molar refractivity (Wildman–Crippen MR) is 73.9 cm³/mol. The Labute approximate surface area is 113 Å². The molecule has 0 bridgehead atoms. The number of hydrogen-bond donors (Lipinski definition) is 3. The Balaban J connectivity index is 2.55. The van der Waals surface area contributed by atoms with Gasteiger partial charge in [0.15, 0.2) is 5.76 Å². The first-order chi connectivity index (χ1) is 9.02. The number of unbranched alkanes of at least 4 members (excludes halogenated alkanes) is 1. The highest BCUT2D eigenvalue weighted by atomic mass is 16.4. The van der Waals surface area contributed by atoms with Gasteiger partial charge in [0.2, 0.25) is 0 Å². The Kier molecular flexibility index (Phi) is 5.93. The largest absolute Gasteiger partial charge is 0.508 e. The van der Waals surface area contributed by atoms with Gasteiger partial charge in [-0.15, -0.1) is 0 Å². The van der Waals surface area contributed by atoms with Gasteiger partial charge in [0, 0.05) is 17.9 Å². The molecule has 0 amide bonds. The lowest BCUT2D eigenvalue weighted by Crippen LogP contribution is -2.03. The SMILES string of the molecule is CC(CCCCC(=O)O)C(O)=C(O)c1ccccc1. The van der Waals surface area contributed by atoms with Gasteiger partial charge in [-0.25, -0.2) is 0 Å². The molecule has 19 heavy (non-hydrogen) atoms. The molecule has 0 heterocycles. The Morgan fingerprint density at radius 1 is 1.11 bits per heavy atom. The van der Waals surface area contributed by atoms with E-state index in [-0.39, 0.29) is 23.9 Å². The monoisotopic (exact) mass is 264 g/mol. The molecule has 0 fully saturated rings. The van der Waals surface area contributed by atoms with E-state index in [1.165, 1.54) is 0 Å². The van der Waals surface area contributed by atoms with Crippen molar-refractivity contribution in [2.45, 2.75) is 32.6 Å². The number of allylic oxidation sites excluding steroid dienone is 1. The van der Waals surface area contributed by atoms with Gasteiger partial charge in [0.25, 0.3) is 0 Å². The highest BCUT2D eigenvalue weighted by molar-refractivity contribution is 5.66. The van der Waals surface area contributed by atoms with Crippen LogP contribution in [0.4, 0.5) is 0 Å². The number of carbonyl (C=O) groups is 1. The standard InChI is InChI=1S/C15H20O4/c1-11(7-5-6-10-13(16)17)14(18)15(19)12-8-3-2-4-9-12/h2-4,8-9,11,18-19H,5-7,10H2,1H3,(H,16,17). The summed E-state index contributed by atoms with van der Waals surface area (Å²) in [4.78, 5) is 10.4. The molecule has 1 aromatic carbocycles. The minimum Gasteiger partial charge on any atom is -0.508 e. The molecule has 0 aliphatic heterocycles. The maximum Gasteiger partial charge on any atom is 0.303 e. The van der Waals surface area contributed by atoms with Crippen molar-refractivity contribution < 1.29 is 20.1 Å². The Hall–Kier alpha value is -1.97. The van der Waals surface area contributed by atoms with Crippen LogP contribution in [0.25, 0.3) is 5.76 Å². The van der Waals surface area contributed by atoms with Crippen molar-refractivity contribution in [2.24, 2.45) is 5.92 Å². The molecular formula is C15H20O4. The van der Waals surface area contributed by atoms with Crippen LogP contribution in [0, 0.1) is 5.92 Å². The van der Waals surface area contributed by atoms with Crippen molar-refractivity contribution >= 4 is 11.7 Å². The number of hydrogen-bond acceptors (Lipinski definition) is 3. The third kappa shape index (κ3) is 5.04. The summed E-state index contributed by atoms with van der Waals surface area (Å²) >= 11 is 0. The minimum absolute atomic E-state index is 0.0403. The van der Waals surface area contributed by atoms with Gasteiger partial charge in [-0.05, 0) is 12.8 Å². The lowest BCUT2D eigenvalue weighted by atomic mass is 9.98. The first-order valence-corrected chi connectivity index (χ1v) is 6.41. The van der Waals surface area contributed by atoms with Crippen LogP contribution in [0.15, 0.2) is 36.1 Å². The number of carboxylic acids is 1. The highest BCUT2D eigenvalue weighted by Crippen LogP contribution is 2.23. The molecule has 0 aliphatic carbocycles. The molecule has 0 spiro atoms. The smallest absolute Gasteiger partial charge is 0.303 e. The van der Waals surface area contributed by atoms with Crippen LogP contribution < -0.4 is 0 Å². The summed E-state index contributed by atoms with van der Waals surface area (Å²) in [6.45, 7) is 1.81. The zero-order valence-electron chi connectivity index (χ0n) is 11.0. The van der Waals surface area contributed by atoms with Crippen molar-refractivity contribution in [2.75, 3.05) is 0 Å². The molecule has 4 heteroatoms. The van der Waals surface area contributed by atoms with Gasteiger partial charge in [0.05, 0.1) is 0 Å². The molecule has 1 atom stereocenters. The number of aliphatic hydroxyl groups is 2. The maximum absolute atomic E-state index is 10.4. The summed E-state index contributed by atoms with van der Waals surface area (Å²) in [5, 5.41) is 28.4. The number of carboxylic acid groups (broad SMARTS) is 1. The van der Waals surface area contributed by atoms with Crippen LogP contribution in [0.3, 0.4) is 0 Å². The van der Waals surface area contributed by atoms with Gasteiger partial charge in [0.1, 0.15) is 5.76 Å². The number of aliphatic hydroxyl groups excluding tert-OH is 2. The summed E-state index contributed by atoms with van der Waals surface area (Å²) < 4.78 is 0. The third-order valence-electron chi connectivity index (χ3n) is 3.03. The molecule has 1 rings (SSSR count). The fraction of sp³-hybridized carbons (Fsp3) is 0.400. The minimum atomic E-state index is -0.806. The van der Waals surface area contributed by atoms with Crippen molar-refractivity contribution in [3.63, 3.8) is 0 Å².